The normalized spacial score (nSPS) is 21.5. The predicted octanol–water partition coefficient (Wildman–Crippen LogP) is 1.02. The van der Waals surface area contributed by atoms with Gasteiger partial charge in [-0.2, -0.15) is 0 Å². The van der Waals surface area contributed by atoms with Crippen LogP contribution in [0.1, 0.15) is 13.3 Å². The van der Waals surface area contributed by atoms with Crippen molar-refractivity contribution >= 4 is 51.3 Å². The van der Waals surface area contributed by atoms with Crippen molar-refractivity contribution in [1.29, 1.82) is 0 Å². The molecule has 3 heterocycles. The minimum Gasteiger partial charge on any atom is -0.379 e. The SMILES string of the molecule is CCNC(=NCCNS(=O)(=O)c1cccs1)N1CCC(N2CCOCC2)C1.I. The molecule has 11 heteroatoms. The molecule has 0 aliphatic carbocycles. The van der Waals surface area contributed by atoms with Crippen LogP contribution in [0.25, 0.3) is 0 Å². The maximum atomic E-state index is 12.1. The van der Waals surface area contributed by atoms with Gasteiger partial charge in [-0.3, -0.25) is 9.89 Å². The summed E-state index contributed by atoms with van der Waals surface area (Å²) in [5.74, 6) is 0.864. The largest absolute Gasteiger partial charge is 0.379 e. The van der Waals surface area contributed by atoms with E-state index in [0.717, 1.165) is 58.3 Å². The maximum Gasteiger partial charge on any atom is 0.250 e. The molecular formula is C17H30IN5O3S2. The summed E-state index contributed by atoms with van der Waals surface area (Å²) in [5.41, 5.74) is 0. The second-order valence-corrected chi connectivity index (χ2v) is 9.54. The zero-order valence-electron chi connectivity index (χ0n) is 16.2. The Kier molecular flexibility index (Phi) is 9.90. The van der Waals surface area contributed by atoms with Gasteiger partial charge in [-0.25, -0.2) is 13.1 Å². The van der Waals surface area contributed by atoms with E-state index < -0.39 is 10.0 Å². The Morgan fingerprint density at radius 3 is 2.82 bits per heavy atom. The Hall–Kier alpha value is -0.470. The standard InChI is InChI=1S/C17H29N5O3S2.HI/c1-2-18-17(19-6-7-20-27(23,24)16-4-3-13-26-16)22-8-5-15(14-22)21-9-11-25-12-10-21;/h3-4,13,15,20H,2,5-12,14H2,1H3,(H,18,19);1H. The summed E-state index contributed by atoms with van der Waals surface area (Å²) in [7, 11) is -3.42. The number of rotatable bonds is 7. The molecule has 0 saturated carbocycles. The molecule has 0 bridgehead atoms. The van der Waals surface area contributed by atoms with Crippen molar-refractivity contribution in [2.24, 2.45) is 4.99 Å². The van der Waals surface area contributed by atoms with Gasteiger partial charge in [-0.15, -0.1) is 35.3 Å². The minimum absolute atomic E-state index is 0. The summed E-state index contributed by atoms with van der Waals surface area (Å²) in [6.07, 6.45) is 1.12. The summed E-state index contributed by atoms with van der Waals surface area (Å²) in [6, 6.07) is 3.88. The van der Waals surface area contributed by atoms with Crippen molar-refractivity contribution in [3.63, 3.8) is 0 Å². The summed E-state index contributed by atoms with van der Waals surface area (Å²) < 4.78 is 32.7. The van der Waals surface area contributed by atoms with E-state index in [1.807, 2.05) is 6.92 Å². The zero-order chi connectivity index (χ0) is 19.1. The number of thiophene rings is 1. The third-order valence-electron chi connectivity index (χ3n) is 4.79. The first-order valence-electron chi connectivity index (χ1n) is 9.48. The summed E-state index contributed by atoms with van der Waals surface area (Å²) >= 11 is 1.22. The molecule has 8 nitrogen and oxygen atoms in total. The van der Waals surface area contributed by atoms with Gasteiger partial charge < -0.3 is 15.0 Å². The second-order valence-electron chi connectivity index (χ2n) is 6.60. The van der Waals surface area contributed by atoms with Crippen LogP contribution in [0, 0.1) is 0 Å². The van der Waals surface area contributed by atoms with Crippen LogP contribution in [0.5, 0.6) is 0 Å². The molecule has 2 N–H and O–H groups in total. The highest BCUT2D eigenvalue weighted by Crippen LogP contribution is 2.17. The third kappa shape index (κ3) is 6.52. The van der Waals surface area contributed by atoms with E-state index in [-0.39, 0.29) is 30.5 Å². The van der Waals surface area contributed by atoms with Gasteiger partial charge in [0.25, 0.3) is 0 Å². The van der Waals surface area contributed by atoms with Crippen molar-refractivity contribution in [2.45, 2.75) is 23.6 Å². The van der Waals surface area contributed by atoms with Crippen LogP contribution >= 0.6 is 35.3 Å². The fourth-order valence-corrected chi connectivity index (χ4v) is 5.49. The van der Waals surface area contributed by atoms with Gasteiger partial charge in [-0.05, 0) is 24.8 Å². The quantitative estimate of drug-likeness (QED) is 0.231. The maximum absolute atomic E-state index is 12.1. The number of nitrogens with zero attached hydrogens (tertiary/aromatic N) is 3. The molecule has 2 fully saturated rings. The van der Waals surface area contributed by atoms with Gasteiger partial charge in [-0.1, -0.05) is 6.07 Å². The van der Waals surface area contributed by atoms with Gasteiger partial charge in [0.15, 0.2) is 5.96 Å². The molecule has 2 aliphatic heterocycles. The lowest BCUT2D eigenvalue weighted by Crippen LogP contribution is -2.46. The molecule has 1 unspecified atom stereocenters. The molecule has 0 radical (unpaired) electrons. The molecule has 0 spiro atoms. The lowest BCUT2D eigenvalue weighted by molar-refractivity contribution is 0.0195. The highest BCUT2D eigenvalue weighted by molar-refractivity contribution is 14.0. The van der Waals surface area contributed by atoms with Crippen molar-refractivity contribution in [1.82, 2.24) is 19.8 Å². The van der Waals surface area contributed by atoms with Crippen LogP contribution in [0.4, 0.5) is 0 Å². The molecule has 0 amide bonds. The smallest absolute Gasteiger partial charge is 0.250 e. The number of nitrogens with one attached hydrogen (secondary N) is 2. The Balaban J connectivity index is 0.00000280. The van der Waals surface area contributed by atoms with Crippen LogP contribution < -0.4 is 10.0 Å². The number of guanidine groups is 1. The number of hydrogen-bond donors (Lipinski definition) is 2. The average Bonchev–Trinajstić information content (AvgIpc) is 3.37. The van der Waals surface area contributed by atoms with Gasteiger partial charge in [0.05, 0.1) is 19.8 Å². The lowest BCUT2D eigenvalue weighted by atomic mass is 10.2. The monoisotopic (exact) mass is 543 g/mol. The van der Waals surface area contributed by atoms with Crippen LogP contribution in [-0.4, -0.2) is 89.2 Å². The van der Waals surface area contributed by atoms with E-state index in [0.29, 0.717) is 16.8 Å². The number of sulfonamides is 1. The molecule has 160 valence electrons. The van der Waals surface area contributed by atoms with Crippen LogP contribution in [-0.2, 0) is 14.8 Å². The average molecular weight is 543 g/mol. The van der Waals surface area contributed by atoms with Crippen LogP contribution in [0.15, 0.2) is 26.7 Å². The van der Waals surface area contributed by atoms with Crippen molar-refractivity contribution in [2.75, 3.05) is 59.0 Å². The van der Waals surface area contributed by atoms with E-state index >= 15 is 0 Å². The Labute approximate surface area is 188 Å². The Morgan fingerprint density at radius 2 is 2.14 bits per heavy atom. The third-order valence-corrected chi connectivity index (χ3v) is 7.64. The molecular weight excluding hydrogens is 513 g/mol. The summed E-state index contributed by atoms with van der Waals surface area (Å²) in [6.45, 7) is 9.07. The number of aliphatic imine (C=N–C) groups is 1. The fourth-order valence-electron chi connectivity index (χ4n) is 3.43. The van der Waals surface area contributed by atoms with Crippen LogP contribution in [0.2, 0.25) is 0 Å². The highest BCUT2D eigenvalue weighted by atomic mass is 127. The van der Waals surface area contributed by atoms with E-state index in [2.05, 4.69) is 24.8 Å². The summed E-state index contributed by atoms with van der Waals surface area (Å²) in [5, 5.41) is 5.09. The van der Waals surface area contributed by atoms with E-state index in [4.69, 9.17) is 4.74 Å². The van der Waals surface area contributed by atoms with Crippen molar-refractivity contribution < 1.29 is 13.2 Å². The number of morpholine rings is 1. The number of likely N-dealkylation sites (tertiary alicyclic amines) is 1. The molecule has 2 aliphatic rings. The number of halogens is 1. The lowest BCUT2D eigenvalue weighted by Gasteiger charge is -2.32. The predicted molar refractivity (Wildman–Crippen MR) is 123 cm³/mol. The minimum atomic E-state index is -3.42. The molecule has 1 atom stereocenters. The van der Waals surface area contributed by atoms with Crippen molar-refractivity contribution in [3.8, 4) is 0 Å². The van der Waals surface area contributed by atoms with E-state index in [1.165, 1.54) is 11.3 Å². The number of hydrogen-bond acceptors (Lipinski definition) is 6. The molecule has 2 saturated heterocycles. The Morgan fingerprint density at radius 1 is 1.36 bits per heavy atom. The van der Waals surface area contributed by atoms with Crippen molar-refractivity contribution in [3.05, 3.63) is 17.5 Å². The topological polar surface area (TPSA) is 86.3 Å². The first kappa shape index (κ1) is 23.8. The van der Waals surface area contributed by atoms with Gasteiger partial charge in [0.1, 0.15) is 4.21 Å². The van der Waals surface area contributed by atoms with E-state index in [9.17, 15) is 8.42 Å². The Bertz CT molecular complexity index is 708. The highest BCUT2D eigenvalue weighted by Gasteiger charge is 2.30. The molecule has 0 aromatic carbocycles. The second kappa shape index (κ2) is 11.6. The molecule has 28 heavy (non-hydrogen) atoms. The van der Waals surface area contributed by atoms with Crippen LogP contribution in [0.3, 0.4) is 0 Å². The van der Waals surface area contributed by atoms with Gasteiger partial charge in [0, 0.05) is 45.3 Å². The molecule has 3 rings (SSSR count). The molecule has 1 aromatic heterocycles. The van der Waals surface area contributed by atoms with Gasteiger partial charge in [0.2, 0.25) is 10.0 Å². The fraction of sp³-hybridized carbons (Fsp3) is 0.706. The molecule has 1 aromatic rings. The first-order valence-corrected chi connectivity index (χ1v) is 11.8. The van der Waals surface area contributed by atoms with E-state index in [1.54, 1.807) is 17.5 Å². The number of ether oxygens (including phenoxy) is 1. The summed E-state index contributed by atoms with van der Waals surface area (Å²) in [4.78, 5) is 9.40. The van der Waals surface area contributed by atoms with Gasteiger partial charge >= 0.3 is 0 Å². The zero-order valence-corrected chi connectivity index (χ0v) is 20.1. The first-order chi connectivity index (χ1) is 13.1.